The first kappa shape index (κ1) is 12.8. The fourth-order valence-electron chi connectivity index (χ4n) is 1.70. The van der Waals surface area contributed by atoms with Crippen molar-refractivity contribution in [2.24, 2.45) is 0 Å². The molecule has 0 unspecified atom stereocenters. The van der Waals surface area contributed by atoms with Crippen LogP contribution in [0.15, 0.2) is 47.5 Å². The number of hydrogen-bond donors (Lipinski definition) is 1. The van der Waals surface area contributed by atoms with Gasteiger partial charge in [0.1, 0.15) is 23.3 Å². The third-order valence-corrected chi connectivity index (χ3v) is 2.70. The van der Waals surface area contributed by atoms with E-state index in [-0.39, 0.29) is 5.88 Å². The fourth-order valence-corrected chi connectivity index (χ4v) is 1.70. The highest BCUT2D eigenvalue weighted by molar-refractivity contribution is 5.43. The zero-order valence-electron chi connectivity index (χ0n) is 10.7. The van der Waals surface area contributed by atoms with Crippen LogP contribution in [0.4, 0.5) is 11.6 Å². The molecular formula is C12H10N6O3. The molecule has 3 aromatic heterocycles. The number of pyridine rings is 1. The van der Waals surface area contributed by atoms with Crippen molar-refractivity contribution in [1.29, 1.82) is 0 Å². The van der Waals surface area contributed by atoms with Crippen LogP contribution in [0.2, 0.25) is 0 Å². The quantitative estimate of drug-likeness (QED) is 0.561. The van der Waals surface area contributed by atoms with Crippen LogP contribution in [0.3, 0.4) is 0 Å². The molecule has 0 aromatic carbocycles. The lowest BCUT2D eigenvalue weighted by Crippen LogP contribution is -2.01. The first-order chi connectivity index (χ1) is 10.2. The highest BCUT2D eigenvalue weighted by Crippen LogP contribution is 2.17. The highest BCUT2D eigenvalue weighted by atomic mass is 16.6. The molecular weight excluding hydrogens is 276 g/mol. The average Bonchev–Trinajstić information content (AvgIpc) is 3.17. The maximum absolute atomic E-state index is 10.5. The average molecular weight is 286 g/mol. The molecule has 3 aromatic rings. The van der Waals surface area contributed by atoms with Gasteiger partial charge >= 0.3 is 5.88 Å². The van der Waals surface area contributed by atoms with Crippen LogP contribution in [0.1, 0.15) is 5.76 Å². The Morgan fingerprint density at radius 2 is 2.24 bits per heavy atom. The van der Waals surface area contributed by atoms with Crippen LogP contribution in [-0.4, -0.2) is 24.7 Å². The minimum absolute atomic E-state index is 0.272. The summed E-state index contributed by atoms with van der Waals surface area (Å²) in [6, 6.07) is 6.48. The molecule has 0 amide bonds. The van der Waals surface area contributed by atoms with E-state index in [1.807, 2.05) is 6.07 Å². The van der Waals surface area contributed by atoms with Crippen LogP contribution >= 0.6 is 0 Å². The SMILES string of the molecule is O=[N+]([O-])c1ccc(CNc2ccc(-n3cncn3)nc2)o1. The molecule has 9 heteroatoms. The molecule has 0 aliphatic rings. The summed E-state index contributed by atoms with van der Waals surface area (Å²) in [5, 5.41) is 17.5. The molecule has 0 aliphatic heterocycles. The number of aromatic nitrogens is 4. The number of furan rings is 1. The van der Waals surface area contributed by atoms with Crippen molar-refractivity contribution < 1.29 is 9.34 Å². The van der Waals surface area contributed by atoms with Crippen LogP contribution in [0, 0.1) is 10.1 Å². The summed E-state index contributed by atoms with van der Waals surface area (Å²) in [4.78, 5) is 18.0. The van der Waals surface area contributed by atoms with Crippen molar-refractivity contribution >= 4 is 11.6 Å². The summed E-state index contributed by atoms with van der Waals surface area (Å²) in [5.41, 5.74) is 0.762. The molecule has 9 nitrogen and oxygen atoms in total. The van der Waals surface area contributed by atoms with Gasteiger partial charge < -0.3 is 9.73 Å². The van der Waals surface area contributed by atoms with Gasteiger partial charge in [-0.15, -0.1) is 0 Å². The lowest BCUT2D eigenvalue weighted by Gasteiger charge is -2.04. The van der Waals surface area contributed by atoms with Crippen LogP contribution in [-0.2, 0) is 6.54 Å². The van der Waals surface area contributed by atoms with Gasteiger partial charge in [-0.25, -0.2) is 14.6 Å². The summed E-state index contributed by atoms with van der Waals surface area (Å²) in [5.74, 6) is 0.847. The first-order valence-electron chi connectivity index (χ1n) is 6.00. The number of anilines is 1. The minimum Gasteiger partial charge on any atom is -0.404 e. The smallest absolute Gasteiger partial charge is 0.404 e. The summed E-state index contributed by atoms with van der Waals surface area (Å²) in [6.07, 6.45) is 4.61. The Morgan fingerprint density at radius 1 is 1.33 bits per heavy atom. The molecule has 1 N–H and O–H groups in total. The number of nitro groups is 1. The van der Waals surface area contributed by atoms with Crippen LogP contribution in [0.25, 0.3) is 5.82 Å². The monoisotopic (exact) mass is 286 g/mol. The van der Waals surface area contributed by atoms with E-state index >= 15 is 0 Å². The van der Waals surface area contributed by atoms with Gasteiger partial charge in [-0.1, -0.05) is 0 Å². The van der Waals surface area contributed by atoms with Crippen LogP contribution in [0.5, 0.6) is 0 Å². The molecule has 0 saturated carbocycles. The second-order valence-electron chi connectivity index (χ2n) is 4.10. The van der Waals surface area contributed by atoms with Crippen molar-refractivity contribution in [1.82, 2.24) is 19.7 Å². The topological polar surface area (TPSA) is 112 Å². The standard InChI is InChI=1S/C12H10N6O3/c19-18(20)12-4-2-10(21-12)6-14-9-1-3-11(15-5-9)17-8-13-7-16-17/h1-5,7-8,14H,6H2. The summed E-state index contributed by atoms with van der Waals surface area (Å²) in [7, 11) is 0. The lowest BCUT2D eigenvalue weighted by atomic mass is 10.3. The number of rotatable bonds is 5. The van der Waals surface area contributed by atoms with Gasteiger partial charge in [0.25, 0.3) is 0 Å². The van der Waals surface area contributed by atoms with Gasteiger partial charge in [0.05, 0.1) is 24.5 Å². The first-order valence-corrected chi connectivity index (χ1v) is 6.00. The van der Waals surface area contributed by atoms with Gasteiger partial charge in [0, 0.05) is 0 Å². The lowest BCUT2D eigenvalue weighted by molar-refractivity contribution is -0.402. The maximum atomic E-state index is 10.5. The minimum atomic E-state index is -0.571. The van der Waals surface area contributed by atoms with Crippen LogP contribution < -0.4 is 5.32 Å². The molecule has 0 spiro atoms. The molecule has 0 bridgehead atoms. The van der Waals surface area contributed by atoms with Crippen molar-refractivity contribution in [3.8, 4) is 5.82 Å². The van der Waals surface area contributed by atoms with Crippen molar-refractivity contribution in [3.05, 3.63) is 59.0 Å². The van der Waals surface area contributed by atoms with E-state index in [0.29, 0.717) is 18.1 Å². The Labute approximate surface area is 118 Å². The van der Waals surface area contributed by atoms with E-state index in [4.69, 9.17) is 4.42 Å². The molecule has 3 rings (SSSR count). The number of nitrogens with one attached hydrogen (secondary N) is 1. The largest absolute Gasteiger partial charge is 0.433 e. The molecule has 0 saturated heterocycles. The van der Waals surface area contributed by atoms with Crippen molar-refractivity contribution in [2.75, 3.05) is 5.32 Å². The maximum Gasteiger partial charge on any atom is 0.433 e. The summed E-state index contributed by atoms with van der Waals surface area (Å²) in [6.45, 7) is 0.332. The zero-order valence-corrected chi connectivity index (χ0v) is 10.7. The Morgan fingerprint density at radius 3 is 2.86 bits per heavy atom. The normalized spacial score (nSPS) is 10.5. The second kappa shape index (κ2) is 5.41. The molecule has 21 heavy (non-hydrogen) atoms. The molecule has 106 valence electrons. The van der Waals surface area contributed by atoms with Gasteiger partial charge in [0.15, 0.2) is 5.82 Å². The Bertz CT molecular complexity index is 735. The van der Waals surface area contributed by atoms with Gasteiger partial charge in [-0.3, -0.25) is 10.1 Å². The van der Waals surface area contributed by atoms with E-state index < -0.39 is 4.92 Å². The third-order valence-electron chi connectivity index (χ3n) is 2.70. The van der Waals surface area contributed by atoms with E-state index in [0.717, 1.165) is 5.69 Å². The molecule has 3 heterocycles. The molecule has 0 radical (unpaired) electrons. The number of nitrogens with zero attached hydrogens (tertiary/aromatic N) is 5. The highest BCUT2D eigenvalue weighted by Gasteiger charge is 2.11. The van der Waals surface area contributed by atoms with E-state index in [2.05, 4.69) is 20.4 Å². The Hall–Kier alpha value is -3.23. The Balaban J connectivity index is 1.64. The van der Waals surface area contributed by atoms with E-state index in [9.17, 15) is 10.1 Å². The zero-order chi connectivity index (χ0) is 14.7. The van der Waals surface area contributed by atoms with Crippen molar-refractivity contribution in [3.63, 3.8) is 0 Å². The summed E-state index contributed by atoms with van der Waals surface area (Å²) >= 11 is 0. The fraction of sp³-hybridized carbons (Fsp3) is 0.0833. The predicted octanol–water partition coefficient (Wildman–Crippen LogP) is 1.78. The third kappa shape index (κ3) is 2.86. The van der Waals surface area contributed by atoms with Gasteiger partial charge in [-0.05, 0) is 18.2 Å². The van der Waals surface area contributed by atoms with Crippen molar-refractivity contribution in [2.45, 2.75) is 6.54 Å². The van der Waals surface area contributed by atoms with Gasteiger partial charge in [0.2, 0.25) is 0 Å². The van der Waals surface area contributed by atoms with E-state index in [1.165, 1.54) is 12.4 Å². The van der Waals surface area contributed by atoms with Gasteiger partial charge in [-0.2, -0.15) is 5.10 Å². The molecule has 0 aliphatic carbocycles. The summed E-state index contributed by atoms with van der Waals surface area (Å²) < 4.78 is 6.59. The molecule has 0 fully saturated rings. The predicted molar refractivity (Wildman–Crippen MR) is 71.8 cm³/mol. The second-order valence-corrected chi connectivity index (χ2v) is 4.10. The Kier molecular flexibility index (Phi) is 3.29. The number of hydrogen-bond acceptors (Lipinski definition) is 7. The molecule has 0 atom stereocenters. The van der Waals surface area contributed by atoms with E-state index in [1.54, 1.807) is 29.3 Å².